The van der Waals surface area contributed by atoms with Gasteiger partial charge in [-0.3, -0.25) is 14.4 Å². The highest BCUT2D eigenvalue weighted by Gasteiger charge is 2.57. The molecule has 0 fully saturated rings. The molecule has 16 heteroatoms. The molecule has 1 spiro atoms. The van der Waals surface area contributed by atoms with Gasteiger partial charge in [0.1, 0.15) is 17.2 Å². The Morgan fingerprint density at radius 1 is 0.768 bits per heavy atom. The Morgan fingerprint density at radius 3 is 1.96 bits per heavy atom. The smallest absolute Gasteiger partial charge is 0.341 e. The number of unbranched alkanes of at least 4 members (excludes halogenated alkanes) is 3. The SMILES string of the molecule is CC(C)C(C(C)C)P(OCCC#N)OCCCCCCNC(=O)c1cc(Cl)c2c(c1Cl)C1(OC2=O)c2cc(Cl)c(OC(=O)C(C)(C)C)cc2Oc2cc(OC(=O)C(C)(C)C)c(-c3ccccc3)cc21. The first-order chi connectivity index (χ1) is 32.5. The number of ether oxygens (including phenoxy) is 4. The van der Waals surface area contributed by atoms with Crippen LogP contribution in [0.15, 0.2) is 60.7 Å². The van der Waals surface area contributed by atoms with Gasteiger partial charge in [-0.2, -0.15) is 5.26 Å². The van der Waals surface area contributed by atoms with Crippen molar-refractivity contribution in [2.75, 3.05) is 19.8 Å². The van der Waals surface area contributed by atoms with Crippen molar-refractivity contribution >= 4 is 67.0 Å². The van der Waals surface area contributed by atoms with Crippen LogP contribution < -0.4 is 19.5 Å². The molecule has 2 aliphatic rings. The summed E-state index contributed by atoms with van der Waals surface area (Å²) in [5.74, 6) is -1.42. The molecule has 2 unspecified atom stereocenters. The van der Waals surface area contributed by atoms with Crippen LogP contribution in [0.1, 0.15) is 139 Å². The summed E-state index contributed by atoms with van der Waals surface area (Å²) >= 11 is 21.2. The largest absolute Gasteiger partial charge is 0.456 e. The molecule has 4 aromatic rings. The van der Waals surface area contributed by atoms with Crippen molar-refractivity contribution in [3.8, 4) is 40.2 Å². The van der Waals surface area contributed by atoms with E-state index in [9.17, 15) is 19.2 Å². The van der Waals surface area contributed by atoms with E-state index in [1.54, 1.807) is 47.6 Å². The summed E-state index contributed by atoms with van der Waals surface area (Å²) in [7, 11) is -1.17. The number of amides is 1. The first kappa shape index (κ1) is 53.6. The zero-order valence-corrected chi connectivity index (χ0v) is 43.9. The lowest BCUT2D eigenvalue weighted by atomic mass is 9.76. The second kappa shape index (κ2) is 22.1. The van der Waals surface area contributed by atoms with Gasteiger partial charge in [0.2, 0.25) is 0 Å². The van der Waals surface area contributed by atoms with E-state index in [0.717, 1.165) is 19.3 Å². The number of hydrogen-bond donors (Lipinski definition) is 1. The average Bonchev–Trinajstić information content (AvgIpc) is 3.59. The summed E-state index contributed by atoms with van der Waals surface area (Å²) in [4.78, 5) is 55.0. The molecule has 2 atom stereocenters. The molecule has 0 aromatic heterocycles. The topological polar surface area (TPSA) is 159 Å². The van der Waals surface area contributed by atoms with E-state index in [4.69, 9.17) is 68.1 Å². The zero-order valence-electron chi connectivity index (χ0n) is 40.8. The maximum atomic E-state index is 14.3. The first-order valence-electron chi connectivity index (χ1n) is 23.2. The first-order valence-corrected chi connectivity index (χ1v) is 25.6. The van der Waals surface area contributed by atoms with E-state index in [1.165, 1.54) is 24.3 Å². The van der Waals surface area contributed by atoms with Crippen molar-refractivity contribution in [1.29, 1.82) is 5.26 Å². The van der Waals surface area contributed by atoms with Crippen LogP contribution in [-0.4, -0.2) is 49.2 Å². The van der Waals surface area contributed by atoms with Crippen molar-refractivity contribution in [2.45, 2.75) is 113 Å². The van der Waals surface area contributed by atoms with Gasteiger partial charge < -0.3 is 33.3 Å². The minimum absolute atomic E-state index is 0.00321. The predicted molar refractivity (Wildman–Crippen MR) is 269 cm³/mol. The number of carbonyl (C=O) groups excluding carboxylic acids is 4. The lowest BCUT2D eigenvalue weighted by Crippen LogP contribution is -2.34. The van der Waals surface area contributed by atoms with E-state index < -0.39 is 48.6 Å². The molecule has 69 heavy (non-hydrogen) atoms. The molecule has 368 valence electrons. The van der Waals surface area contributed by atoms with E-state index in [0.29, 0.717) is 55.6 Å². The fraction of sp³-hybridized carbons (Fsp3) is 0.453. The van der Waals surface area contributed by atoms with Gasteiger partial charge in [-0.1, -0.05) is 106 Å². The maximum absolute atomic E-state index is 14.3. The Hall–Kier alpha value is -4.73. The van der Waals surface area contributed by atoms with Gasteiger partial charge in [-0.25, -0.2) is 4.79 Å². The summed E-state index contributed by atoms with van der Waals surface area (Å²) in [5.41, 5.74) is -1.93. The minimum Gasteiger partial charge on any atom is -0.456 e. The van der Waals surface area contributed by atoms with Crippen molar-refractivity contribution in [3.63, 3.8) is 0 Å². The fourth-order valence-electron chi connectivity index (χ4n) is 8.21. The van der Waals surface area contributed by atoms with Gasteiger partial charge in [0.15, 0.2) is 19.7 Å². The van der Waals surface area contributed by atoms with Crippen molar-refractivity contribution in [1.82, 2.24) is 5.32 Å². The second-order valence-electron chi connectivity index (χ2n) is 19.9. The van der Waals surface area contributed by atoms with E-state index >= 15 is 0 Å². The quantitative estimate of drug-likeness (QED) is 0.0437. The number of carbonyl (C=O) groups is 4. The van der Waals surface area contributed by atoms with Crippen molar-refractivity contribution < 1.29 is 47.2 Å². The Balaban J connectivity index is 1.35. The number of fused-ring (bicyclic) bond motifs is 6. The zero-order chi connectivity index (χ0) is 50.6. The van der Waals surface area contributed by atoms with Crippen LogP contribution in [0.5, 0.6) is 23.0 Å². The van der Waals surface area contributed by atoms with Crippen LogP contribution in [0, 0.1) is 34.0 Å². The van der Waals surface area contributed by atoms with Gasteiger partial charge in [-0.05, 0) is 90.0 Å². The number of rotatable bonds is 18. The molecule has 0 bridgehead atoms. The number of esters is 3. The number of benzene rings is 4. The molecule has 12 nitrogen and oxygen atoms in total. The molecule has 1 amide bonds. The number of nitriles is 1. The van der Waals surface area contributed by atoms with Gasteiger partial charge in [0.25, 0.3) is 5.91 Å². The molecule has 2 heterocycles. The molecule has 1 N–H and O–H groups in total. The third-order valence-corrected chi connectivity index (χ3v) is 15.2. The van der Waals surface area contributed by atoms with Gasteiger partial charge in [0.05, 0.1) is 62.7 Å². The van der Waals surface area contributed by atoms with E-state index in [2.05, 4.69) is 39.1 Å². The van der Waals surface area contributed by atoms with Gasteiger partial charge in [-0.15, -0.1) is 0 Å². The Labute approximate surface area is 421 Å². The molecular formula is C53H60Cl3N2O10P. The summed E-state index contributed by atoms with van der Waals surface area (Å²) < 4.78 is 37.3. The summed E-state index contributed by atoms with van der Waals surface area (Å²) in [5, 5.41) is 11.8. The van der Waals surface area contributed by atoms with Crippen molar-refractivity contribution in [3.05, 3.63) is 104 Å². The summed E-state index contributed by atoms with van der Waals surface area (Å²) in [6.07, 6.45) is 3.41. The van der Waals surface area contributed by atoms with Gasteiger partial charge in [0, 0.05) is 46.6 Å². The van der Waals surface area contributed by atoms with E-state index in [1.807, 2.05) is 30.3 Å². The molecule has 6 rings (SSSR count). The van der Waals surface area contributed by atoms with Crippen LogP contribution >= 0.6 is 43.2 Å². The molecule has 2 aliphatic heterocycles. The van der Waals surface area contributed by atoms with Crippen LogP contribution in [0.4, 0.5) is 0 Å². The summed E-state index contributed by atoms with van der Waals surface area (Å²) in [6, 6.07) is 18.8. The lowest BCUT2D eigenvalue weighted by molar-refractivity contribution is -0.143. The van der Waals surface area contributed by atoms with Crippen LogP contribution in [-0.2, 0) is 29.0 Å². The highest BCUT2D eigenvalue weighted by atomic mass is 35.5. The number of nitrogens with zero attached hydrogens (tertiary/aromatic N) is 1. The van der Waals surface area contributed by atoms with E-state index in [-0.39, 0.29) is 71.5 Å². The Morgan fingerprint density at radius 2 is 1.35 bits per heavy atom. The summed E-state index contributed by atoms with van der Waals surface area (Å²) in [6.45, 7) is 20.1. The molecule has 0 radical (unpaired) electrons. The molecule has 4 aromatic carbocycles. The molecule has 0 aliphatic carbocycles. The fourth-order valence-corrected chi connectivity index (χ4v) is 11.0. The monoisotopic (exact) mass is 1020 g/mol. The molecular weight excluding hydrogens is 962 g/mol. The molecule has 0 saturated carbocycles. The Bertz CT molecular complexity index is 2630. The number of nitrogens with one attached hydrogen (secondary N) is 1. The maximum Gasteiger partial charge on any atom is 0.341 e. The third-order valence-electron chi connectivity index (χ3n) is 11.7. The van der Waals surface area contributed by atoms with Crippen LogP contribution in [0.3, 0.4) is 0 Å². The predicted octanol–water partition coefficient (Wildman–Crippen LogP) is 14.0. The van der Waals surface area contributed by atoms with Gasteiger partial charge >= 0.3 is 17.9 Å². The normalized spacial score (nSPS) is 15.6. The highest BCUT2D eigenvalue weighted by Crippen LogP contribution is 2.61. The lowest BCUT2D eigenvalue weighted by Gasteiger charge is -2.38. The second-order valence-corrected chi connectivity index (χ2v) is 22.8. The van der Waals surface area contributed by atoms with Crippen molar-refractivity contribution in [2.24, 2.45) is 22.7 Å². The van der Waals surface area contributed by atoms with Crippen LogP contribution in [0.2, 0.25) is 15.1 Å². The standard InChI is InChI=1S/C53H60Cl3N2O10P/c1-30(2)46(31(3)4)69(64-24-18-21-57)63-23-17-12-11-16-22-58-47(59)34-26-38(55)43-44(45(34)56)53(68-48(43)60)35-25-33(32-19-14-13-15-20-32)39(66-49(61)51(5,6)7)28-40(35)65-41-29-42(37(54)27-36(41)53)67-50(62)52(8,9)10/h13-15,19-20,25-31,46H,11-12,16-18,22-24H2,1-10H3,(H,58,59). The average molecular weight is 1020 g/mol. The van der Waals surface area contributed by atoms with Crippen LogP contribution in [0.25, 0.3) is 11.1 Å². The Kier molecular flexibility index (Phi) is 17.2. The highest BCUT2D eigenvalue weighted by molar-refractivity contribution is 7.48. The third kappa shape index (κ3) is 11.7. The number of hydrogen-bond acceptors (Lipinski definition) is 11. The molecule has 0 saturated heterocycles. The minimum atomic E-state index is -1.95. The number of halogens is 3.